The zero-order valence-electron chi connectivity index (χ0n) is 12.7. The number of halogens is 2. The molecule has 1 N–H and O–H groups in total. The van der Waals surface area contributed by atoms with Gasteiger partial charge in [-0.15, -0.1) is 0 Å². The maximum Gasteiger partial charge on any atom is 0.173 e. The molecule has 3 aromatic rings. The molecule has 0 bridgehead atoms. The molecule has 23 heavy (non-hydrogen) atoms. The van der Waals surface area contributed by atoms with Crippen molar-refractivity contribution in [3.8, 4) is 22.6 Å². The van der Waals surface area contributed by atoms with Gasteiger partial charge in [0.1, 0.15) is 5.69 Å². The van der Waals surface area contributed by atoms with Crippen LogP contribution in [0.3, 0.4) is 0 Å². The predicted octanol–water partition coefficient (Wildman–Crippen LogP) is 5.42. The van der Waals surface area contributed by atoms with E-state index in [1.165, 1.54) is 0 Å². The highest BCUT2D eigenvalue weighted by molar-refractivity contribution is 6.35. The van der Waals surface area contributed by atoms with Gasteiger partial charge in [-0.1, -0.05) is 46.6 Å². The summed E-state index contributed by atoms with van der Waals surface area (Å²) in [5.41, 5.74) is 4.96. The van der Waals surface area contributed by atoms with E-state index in [0.717, 1.165) is 16.7 Å². The van der Waals surface area contributed by atoms with Gasteiger partial charge in [-0.3, -0.25) is 0 Å². The standard InChI is InChI=1S/C18H15Cl2NO2/c1-10-4-3-5-11(2)16(10)18-15(9-22)17(21-23-18)12-6-13(19)8-14(20)7-12/h3-8,22H,9H2,1-2H3. The Morgan fingerprint density at radius 3 is 2.22 bits per heavy atom. The van der Waals surface area contributed by atoms with E-state index < -0.39 is 0 Å². The number of aliphatic hydroxyl groups is 1. The van der Waals surface area contributed by atoms with E-state index in [0.29, 0.717) is 32.6 Å². The molecule has 0 aliphatic rings. The van der Waals surface area contributed by atoms with Crippen LogP contribution in [0, 0.1) is 13.8 Å². The van der Waals surface area contributed by atoms with Gasteiger partial charge >= 0.3 is 0 Å². The highest BCUT2D eigenvalue weighted by atomic mass is 35.5. The monoisotopic (exact) mass is 347 g/mol. The average Bonchev–Trinajstić information content (AvgIpc) is 2.89. The first kappa shape index (κ1) is 16.1. The van der Waals surface area contributed by atoms with E-state index in [-0.39, 0.29) is 6.61 Å². The van der Waals surface area contributed by atoms with E-state index in [4.69, 9.17) is 27.7 Å². The molecule has 3 rings (SSSR count). The van der Waals surface area contributed by atoms with Crippen LogP contribution in [0.1, 0.15) is 16.7 Å². The Bertz CT molecular complexity index is 831. The number of nitrogens with zero attached hydrogens (tertiary/aromatic N) is 1. The normalized spacial score (nSPS) is 11.0. The van der Waals surface area contributed by atoms with Gasteiger partial charge in [-0.05, 0) is 43.2 Å². The van der Waals surface area contributed by atoms with Crippen LogP contribution >= 0.6 is 23.2 Å². The summed E-state index contributed by atoms with van der Waals surface area (Å²) in [6.45, 7) is 3.82. The molecule has 0 aliphatic heterocycles. The number of aryl methyl sites for hydroxylation is 2. The first-order chi connectivity index (χ1) is 11.0. The fraction of sp³-hybridized carbons (Fsp3) is 0.167. The maximum absolute atomic E-state index is 9.87. The molecule has 1 heterocycles. The van der Waals surface area contributed by atoms with Crippen LogP contribution in [0.15, 0.2) is 40.9 Å². The minimum Gasteiger partial charge on any atom is -0.391 e. The number of aromatic nitrogens is 1. The van der Waals surface area contributed by atoms with Crippen LogP contribution in [0.4, 0.5) is 0 Å². The molecule has 0 unspecified atom stereocenters. The molecule has 0 aliphatic carbocycles. The second kappa shape index (κ2) is 6.36. The Morgan fingerprint density at radius 1 is 1.04 bits per heavy atom. The van der Waals surface area contributed by atoms with Crippen molar-refractivity contribution in [1.29, 1.82) is 0 Å². The molecule has 0 saturated carbocycles. The third-order valence-corrected chi connectivity index (χ3v) is 4.23. The van der Waals surface area contributed by atoms with Crippen molar-refractivity contribution in [2.75, 3.05) is 0 Å². The fourth-order valence-corrected chi connectivity index (χ4v) is 3.27. The molecule has 0 amide bonds. The second-order valence-corrected chi connectivity index (χ2v) is 6.29. The number of hydrogen-bond donors (Lipinski definition) is 1. The molecule has 0 radical (unpaired) electrons. The van der Waals surface area contributed by atoms with Crippen LogP contribution < -0.4 is 0 Å². The minimum atomic E-state index is -0.188. The van der Waals surface area contributed by atoms with Gasteiger partial charge in [0.25, 0.3) is 0 Å². The Kier molecular flexibility index (Phi) is 4.44. The zero-order valence-corrected chi connectivity index (χ0v) is 14.2. The summed E-state index contributed by atoms with van der Waals surface area (Å²) in [5, 5.41) is 15.0. The summed E-state index contributed by atoms with van der Waals surface area (Å²) in [7, 11) is 0. The topological polar surface area (TPSA) is 46.3 Å². The van der Waals surface area contributed by atoms with Gasteiger partial charge in [0.15, 0.2) is 5.76 Å². The molecule has 3 nitrogen and oxygen atoms in total. The van der Waals surface area contributed by atoms with Crippen molar-refractivity contribution in [2.24, 2.45) is 0 Å². The van der Waals surface area contributed by atoms with Gasteiger partial charge in [0, 0.05) is 21.2 Å². The van der Waals surface area contributed by atoms with Crippen molar-refractivity contribution in [3.63, 3.8) is 0 Å². The lowest BCUT2D eigenvalue weighted by molar-refractivity contribution is 0.281. The van der Waals surface area contributed by atoms with E-state index in [1.54, 1.807) is 18.2 Å². The molecule has 2 aromatic carbocycles. The Morgan fingerprint density at radius 2 is 1.65 bits per heavy atom. The molecule has 1 aromatic heterocycles. The van der Waals surface area contributed by atoms with Gasteiger partial charge < -0.3 is 9.63 Å². The van der Waals surface area contributed by atoms with Crippen LogP contribution in [-0.4, -0.2) is 10.3 Å². The third-order valence-electron chi connectivity index (χ3n) is 3.79. The highest BCUT2D eigenvalue weighted by Gasteiger charge is 2.21. The lowest BCUT2D eigenvalue weighted by Gasteiger charge is -2.08. The van der Waals surface area contributed by atoms with Crippen molar-refractivity contribution in [3.05, 3.63) is 63.1 Å². The summed E-state index contributed by atoms with van der Waals surface area (Å²) in [6.07, 6.45) is 0. The van der Waals surface area contributed by atoms with Gasteiger partial charge in [-0.25, -0.2) is 0 Å². The number of hydrogen-bond acceptors (Lipinski definition) is 3. The van der Waals surface area contributed by atoms with Crippen molar-refractivity contribution in [2.45, 2.75) is 20.5 Å². The Labute approximate surface area is 144 Å². The zero-order chi connectivity index (χ0) is 16.6. The minimum absolute atomic E-state index is 0.188. The van der Waals surface area contributed by atoms with Gasteiger partial charge in [-0.2, -0.15) is 0 Å². The molecule has 0 saturated heterocycles. The van der Waals surface area contributed by atoms with E-state index in [2.05, 4.69) is 5.16 Å². The molecule has 0 atom stereocenters. The predicted molar refractivity (Wildman–Crippen MR) is 92.8 cm³/mol. The molecule has 5 heteroatoms. The lowest BCUT2D eigenvalue weighted by atomic mass is 9.96. The largest absolute Gasteiger partial charge is 0.391 e. The van der Waals surface area contributed by atoms with Gasteiger partial charge in [0.2, 0.25) is 0 Å². The Balaban J connectivity index is 2.21. The van der Waals surface area contributed by atoms with Crippen LogP contribution in [0.2, 0.25) is 10.0 Å². The summed E-state index contributed by atoms with van der Waals surface area (Å²) < 4.78 is 5.57. The summed E-state index contributed by atoms with van der Waals surface area (Å²) in [6, 6.07) is 11.1. The first-order valence-electron chi connectivity index (χ1n) is 7.13. The van der Waals surface area contributed by atoms with E-state index >= 15 is 0 Å². The van der Waals surface area contributed by atoms with Crippen molar-refractivity contribution >= 4 is 23.2 Å². The van der Waals surface area contributed by atoms with Crippen LogP contribution in [-0.2, 0) is 6.61 Å². The summed E-state index contributed by atoms with van der Waals surface area (Å²) >= 11 is 12.1. The van der Waals surface area contributed by atoms with Crippen LogP contribution in [0.5, 0.6) is 0 Å². The Hall–Kier alpha value is -1.81. The third kappa shape index (κ3) is 3.00. The van der Waals surface area contributed by atoms with Crippen LogP contribution in [0.25, 0.3) is 22.6 Å². The fourth-order valence-electron chi connectivity index (χ4n) is 2.74. The number of rotatable bonds is 3. The SMILES string of the molecule is Cc1cccc(C)c1-c1onc(-c2cc(Cl)cc(Cl)c2)c1CO. The highest BCUT2D eigenvalue weighted by Crippen LogP contribution is 2.37. The molecular weight excluding hydrogens is 333 g/mol. The first-order valence-corrected chi connectivity index (χ1v) is 7.89. The quantitative estimate of drug-likeness (QED) is 0.687. The molecule has 0 spiro atoms. The van der Waals surface area contributed by atoms with Crippen molar-refractivity contribution in [1.82, 2.24) is 5.16 Å². The summed E-state index contributed by atoms with van der Waals surface area (Å²) in [5.74, 6) is 0.578. The molecular formula is C18H15Cl2NO2. The molecule has 0 fully saturated rings. The smallest absolute Gasteiger partial charge is 0.173 e. The average molecular weight is 348 g/mol. The number of aliphatic hydroxyl groups excluding tert-OH is 1. The summed E-state index contributed by atoms with van der Waals surface area (Å²) in [4.78, 5) is 0. The second-order valence-electron chi connectivity index (χ2n) is 5.42. The number of benzene rings is 2. The lowest BCUT2D eigenvalue weighted by Crippen LogP contribution is -1.93. The van der Waals surface area contributed by atoms with Crippen molar-refractivity contribution < 1.29 is 9.63 Å². The molecule has 118 valence electrons. The van der Waals surface area contributed by atoms with Gasteiger partial charge in [0.05, 0.1) is 12.2 Å². The van der Waals surface area contributed by atoms with E-state index in [1.807, 2.05) is 32.0 Å². The maximum atomic E-state index is 9.87. The van der Waals surface area contributed by atoms with E-state index in [9.17, 15) is 5.11 Å².